The first kappa shape index (κ1) is 44.4. The van der Waals surface area contributed by atoms with E-state index in [0.29, 0.717) is 0 Å². The molecule has 0 amide bonds. The van der Waals surface area contributed by atoms with Crippen molar-refractivity contribution < 1.29 is 0 Å². The van der Waals surface area contributed by atoms with E-state index in [1.165, 1.54) is 61.3 Å². The van der Waals surface area contributed by atoms with Crippen molar-refractivity contribution in [1.82, 2.24) is 0 Å². The van der Waals surface area contributed by atoms with Gasteiger partial charge in [-0.05, 0) is 134 Å². The van der Waals surface area contributed by atoms with Crippen LogP contribution in [-0.2, 0) is 16.2 Å². The highest BCUT2D eigenvalue weighted by Gasteiger charge is 2.45. The molecule has 7 aromatic rings. The van der Waals surface area contributed by atoms with E-state index in [0.717, 1.165) is 45.3 Å². The van der Waals surface area contributed by atoms with Crippen LogP contribution in [0.1, 0.15) is 95.7 Å². The second-order valence-corrected chi connectivity index (χ2v) is 21.3. The Morgan fingerprint density at radius 3 is 1.47 bits per heavy atom. The van der Waals surface area contributed by atoms with Crippen LogP contribution in [0.5, 0.6) is 0 Å². The number of aryl methyl sites for hydroxylation is 2. The quantitative estimate of drug-likeness (QED) is 0.111. The molecule has 0 aromatic heterocycles. The monoisotopic (exact) mass is 862 g/mol. The summed E-state index contributed by atoms with van der Waals surface area (Å²) in [6.07, 6.45) is 5.88. The topological polar surface area (TPSA) is 9.72 Å². The summed E-state index contributed by atoms with van der Waals surface area (Å²) in [5, 5.41) is 0. The van der Waals surface area contributed by atoms with Crippen molar-refractivity contribution in [2.24, 2.45) is 0 Å². The third-order valence-electron chi connectivity index (χ3n) is 13.7. The van der Waals surface area contributed by atoms with Gasteiger partial charge in [0.25, 0.3) is 6.71 Å². The molecular weight excluding hydrogens is 798 g/mol. The van der Waals surface area contributed by atoms with Gasteiger partial charge in [0.1, 0.15) is 0 Å². The maximum atomic E-state index is 4.31. The molecule has 0 N–H and O–H groups in total. The number of benzene rings is 7. The molecular formula is C62H64BN3. The standard InChI is InChI=1S/C62H64BN3/c1-14-22-43(15-2)49-25-18-21-28-54(49)66-56-36-32-46(62(11,12)13)38-51(56)63-50-37-45(61(8,9)10)31-35-55(50)64(47-33-29-44(30-34-47)60(5,6)7)57-39-48(40-58(66)59(57)63)65(52-26-19-16-23-41(52)3)53-27-20-17-24-42(53)4/h14-40H,1-2H2,3-13H3/b43-22+. The maximum absolute atomic E-state index is 4.31. The zero-order valence-electron chi connectivity index (χ0n) is 40.9. The Morgan fingerprint density at radius 2 is 0.970 bits per heavy atom. The van der Waals surface area contributed by atoms with Crippen LogP contribution in [0.25, 0.3) is 5.57 Å². The molecule has 4 heteroatoms. The summed E-state index contributed by atoms with van der Waals surface area (Å²) in [4.78, 5) is 7.57. The van der Waals surface area contributed by atoms with E-state index in [1.54, 1.807) is 0 Å². The fraction of sp³-hybridized carbons (Fsp3) is 0.226. The zero-order chi connectivity index (χ0) is 46.9. The van der Waals surface area contributed by atoms with Crippen molar-refractivity contribution in [3.63, 3.8) is 0 Å². The number of hydrogen-bond donors (Lipinski definition) is 0. The van der Waals surface area contributed by atoms with Crippen LogP contribution >= 0.6 is 0 Å². The van der Waals surface area contributed by atoms with Crippen molar-refractivity contribution in [2.75, 3.05) is 14.7 Å². The molecule has 0 spiro atoms. The molecule has 3 nitrogen and oxygen atoms in total. The Labute approximate surface area is 395 Å². The van der Waals surface area contributed by atoms with Gasteiger partial charge in [0.2, 0.25) is 0 Å². The van der Waals surface area contributed by atoms with Crippen LogP contribution in [0.2, 0.25) is 0 Å². The Kier molecular flexibility index (Phi) is 11.2. The minimum atomic E-state index is -0.0688. The largest absolute Gasteiger partial charge is 0.311 e. The second kappa shape index (κ2) is 16.6. The molecule has 7 aromatic carbocycles. The van der Waals surface area contributed by atoms with Crippen molar-refractivity contribution in [3.05, 3.63) is 210 Å². The van der Waals surface area contributed by atoms with E-state index >= 15 is 0 Å². The molecule has 0 fully saturated rings. The summed E-state index contributed by atoms with van der Waals surface area (Å²) in [6.45, 7) is 33.7. The molecule has 0 saturated heterocycles. The van der Waals surface area contributed by atoms with Gasteiger partial charge in [0, 0.05) is 45.4 Å². The number of anilines is 9. The number of rotatable bonds is 8. The Balaban J connectivity index is 1.48. The number of para-hydroxylation sites is 3. The first-order valence-corrected chi connectivity index (χ1v) is 23.5. The molecule has 0 bridgehead atoms. The van der Waals surface area contributed by atoms with Crippen molar-refractivity contribution >= 4 is 79.9 Å². The Bertz CT molecular complexity index is 3010. The highest BCUT2D eigenvalue weighted by atomic mass is 15.2. The molecule has 330 valence electrons. The predicted molar refractivity (Wildman–Crippen MR) is 289 cm³/mol. The van der Waals surface area contributed by atoms with Crippen LogP contribution in [-0.4, -0.2) is 6.71 Å². The summed E-state index contributed by atoms with van der Waals surface area (Å²) in [7, 11) is 0. The van der Waals surface area contributed by atoms with Crippen LogP contribution in [0.3, 0.4) is 0 Å². The fourth-order valence-corrected chi connectivity index (χ4v) is 10.0. The highest BCUT2D eigenvalue weighted by Crippen LogP contribution is 2.50. The van der Waals surface area contributed by atoms with Gasteiger partial charge in [-0.2, -0.15) is 0 Å². The van der Waals surface area contributed by atoms with Gasteiger partial charge in [-0.25, -0.2) is 0 Å². The lowest BCUT2D eigenvalue weighted by Crippen LogP contribution is -2.61. The molecule has 2 heterocycles. The lowest BCUT2D eigenvalue weighted by atomic mass is 9.33. The molecule has 9 rings (SSSR count). The fourth-order valence-electron chi connectivity index (χ4n) is 10.0. The van der Waals surface area contributed by atoms with E-state index in [2.05, 4.69) is 256 Å². The van der Waals surface area contributed by atoms with Crippen LogP contribution in [0, 0.1) is 13.8 Å². The SMILES string of the molecule is C=C/C=C(\C=C)c1ccccc1N1c2ccc(C(C)(C)C)cc2B2c3cc(C(C)(C)C)ccc3N(c3ccc(C(C)(C)C)cc3)c3cc(N(c4ccccc4C)c4ccccc4C)cc1c32. The van der Waals surface area contributed by atoms with E-state index in [4.69, 9.17) is 0 Å². The van der Waals surface area contributed by atoms with Crippen LogP contribution in [0.15, 0.2) is 177 Å². The van der Waals surface area contributed by atoms with E-state index < -0.39 is 0 Å². The third-order valence-corrected chi connectivity index (χ3v) is 13.7. The maximum Gasteiger partial charge on any atom is 0.252 e. The Hall–Kier alpha value is -6.78. The first-order chi connectivity index (χ1) is 31.4. The van der Waals surface area contributed by atoms with Crippen LogP contribution in [0.4, 0.5) is 51.2 Å². The molecule has 0 radical (unpaired) electrons. The van der Waals surface area contributed by atoms with Gasteiger partial charge < -0.3 is 14.7 Å². The second-order valence-electron chi connectivity index (χ2n) is 21.3. The van der Waals surface area contributed by atoms with Gasteiger partial charge >= 0.3 is 0 Å². The minimum absolute atomic E-state index is 0.0123. The van der Waals surface area contributed by atoms with Gasteiger partial charge in [-0.1, -0.05) is 185 Å². The number of hydrogen-bond acceptors (Lipinski definition) is 3. The smallest absolute Gasteiger partial charge is 0.252 e. The van der Waals surface area contributed by atoms with Crippen LogP contribution < -0.4 is 31.1 Å². The predicted octanol–water partition coefficient (Wildman–Crippen LogP) is 15.5. The summed E-state index contributed by atoms with van der Waals surface area (Å²) in [5.41, 5.74) is 22.5. The molecule has 2 aliphatic heterocycles. The van der Waals surface area contributed by atoms with Gasteiger partial charge in [-0.3, -0.25) is 0 Å². The summed E-state index contributed by atoms with van der Waals surface area (Å²) >= 11 is 0. The van der Waals surface area contributed by atoms with Gasteiger partial charge in [0.15, 0.2) is 0 Å². The molecule has 2 aliphatic rings. The van der Waals surface area contributed by atoms with Crippen molar-refractivity contribution in [2.45, 2.75) is 92.4 Å². The molecule has 66 heavy (non-hydrogen) atoms. The van der Waals surface area contributed by atoms with E-state index in [-0.39, 0.29) is 23.0 Å². The number of fused-ring (bicyclic) bond motifs is 4. The molecule has 0 aliphatic carbocycles. The average Bonchev–Trinajstić information content (AvgIpc) is 3.28. The average molecular weight is 862 g/mol. The van der Waals surface area contributed by atoms with Gasteiger partial charge in [0.05, 0.1) is 11.4 Å². The highest BCUT2D eigenvalue weighted by molar-refractivity contribution is 7.00. The summed E-state index contributed by atoms with van der Waals surface area (Å²) in [6, 6.07) is 55.1. The molecule has 0 unspecified atom stereocenters. The summed E-state index contributed by atoms with van der Waals surface area (Å²) < 4.78 is 0. The lowest BCUT2D eigenvalue weighted by molar-refractivity contribution is 0.590. The zero-order valence-corrected chi connectivity index (χ0v) is 40.9. The minimum Gasteiger partial charge on any atom is -0.311 e. The normalized spacial score (nSPS) is 13.5. The van der Waals surface area contributed by atoms with Gasteiger partial charge in [-0.15, -0.1) is 0 Å². The first-order valence-electron chi connectivity index (χ1n) is 23.5. The van der Waals surface area contributed by atoms with E-state index in [1.807, 2.05) is 12.2 Å². The lowest BCUT2D eigenvalue weighted by Gasteiger charge is -2.46. The summed E-state index contributed by atoms with van der Waals surface area (Å²) in [5.74, 6) is 0. The van der Waals surface area contributed by atoms with E-state index in [9.17, 15) is 0 Å². The molecule has 0 saturated carbocycles. The Morgan fingerprint density at radius 1 is 0.500 bits per heavy atom. The number of allylic oxidation sites excluding steroid dienone is 4. The third kappa shape index (κ3) is 7.71. The molecule has 0 atom stereocenters. The van der Waals surface area contributed by atoms with Crippen molar-refractivity contribution in [1.29, 1.82) is 0 Å². The van der Waals surface area contributed by atoms with Crippen molar-refractivity contribution in [3.8, 4) is 0 Å². The number of nitrogens with zero attached hydrogens (tertiary/aromatic N) is 3.